The lowest BCUT2D eigenvalue weighted by Gasteiger charge is -2.26. The summed E-state index contributed by atoms with van der Waals surface area (Å²) in [6.45, 7) is 2.02. The number of benzene rings is 3. The molecule has 41 heavy (non-hydrogen) atoms. The van der Waals surface area contributed by atoms with Crippen LogP contribution in [-0.2, 0) is 4.74 Å². The highest BCUT2D eigenvalue weighted by Gasteiger charge is 2.42. The molecule has 0 unspecified atom stereocenters. The van der Waals surface area contributed by atoms with Crippen molar-refractivity contribution in [2.45, 2.75) is 19.0 Å². The van der Waals surface area contributed by atoms with Crippen LogP contribution >= 0.6 is 12.2 Å². The first kappa shape index (κ1) is 26.3. The van der Waals surface area contributed by atoms with Crippen LogP contribution in [0.5, 0.6) is 11.5 Å². The number of hydrogen-bond donors (Lipinski definition) is 1. The number of carbonyl (C=O) groups excluding carboxylic acids is 1. The number of para-hydroxylation sites is 1. The van der Waals surface area contributed by atoms with Crippen LogP contribution < -0.4 is 15.0 Å². The van der Waals surface area contributed by atoms with Crippen molar-refractivity contribution < 1.29 is 18.7 Å². The van der Waals surface area contributed by atoms with E-state index in [2.05, 4.69) is 10.3 Å². The number of nitrogens with one attached hydrogen (secondary N) is 1. The van der Waals surface area contributed by atoms with Crippen LogP contribution in [0.1, 0.15) is 39.5 Å². The number of furan rings is 1. The summed E-state index contributed by atoms with van der Waals surface area (Å²) >= 11 is 5.86. The topological polar surface area (TPSA) is 76.8 Å². The highest BCUT2D eigenvalue weighted by atomic mass is 32.1. The number of carbonyl (C=O) groups is 1. The summed E-state index contributed by atoms with van der Waals surface area (Å²) < 4.78 is 17.6. The number of aryl methyl sites for hydroxylation is 1. The Morgan fingerprint density at radius 2 is 1.68 bits per heavy atom. The van der Waals surface area contributed by atoms with E-state index in [1.807, 2.05) is 103 Å². The van der Waals surface area contributed by atoms with E-state index in [-0.39, 0.29) is 12.1 Å². The second-order valence-corrected chi connectivity index (χ2v) is 9.98. The maximum Gasteiger partial charge on any atom is 0.338 e. The SMILES string of the molecule is COC(=O)c1ccccc1-c1ccc([C@H]2[C@H](c3ccccn3)NC(=S)N2c2ccc(Oc3ccccc3C)cc2)o1. The Kier molecular flexibility index (Phi) is 7.22. The van der Waals surface area contributed by atoms with E-state index in [0.717, 1.165) is 28.4 Å². The lowest BCUT2D eigenvalue weighted by atomic mass is 10.0. The molecule has 0 saturated carbocycles. The number of aromatic nitrogens is 1. The molecule has 1 saturated heterocycles. The minimum absolute atomic E-state index is 0.276. The molecule has 1 fully saturated rings. The molecule has 0 radical (unpaired) electrons. The van der Waals surface area contributed by atoms with Crippen molar-refractivity contribution in [1.82, 2.24) is 10.3 Å². The van der Waals surface area contributed by atoms with Gasteiger partial charge in [-0.1, -0.05) is 42.5 Å². The van der Waals surface area contributed by atoms with Crippen molar-refractivity contribution >= 4 is 29.0 Å². The molecule has 8 heteroatoms. The predicted octanol–water partition coefficient (Wildman–Crippen LogP) is 7.41. The molecule has 1 N–H and O–H groups in total. The molecular formula is C33H27N3O4S. The zero-order valence-electron chi connectivity index (χ0n) is 22.5. The number of hydrogen-bond acceptors (Lipinski definition) is 6. The van der Waals surface area contributed by atoms with Crippen molar-refractivity contribution in [3.05, 3.63) is 132 Å². The van der Waals surface area contributed by atoms with Gasteiger partial charge in [0.05, 0.1) is 24.4 Å². The molecule has 204 valence electrons. The highest BCUT2D eigenvalue weighted by Crippen LogP contribution is 2.43. The molecule has 1 aliphatic rings. The van der Waals surface area contributed by atoms with Gasteiger partial charge in [0.15, 0.2) is 5.11 Å². The first-order chi connectivity index (χ1) is 20.0. The van der Waals surface area contributed by atoms with Gasteiger partial charge in [0.25, 0.3) is 0 Å². The molecule has 6 rings (SSSR count). The van der Waals surface area contributed by atoms with Crippen molar-refractivity contribution in [1.29, 1.82) is 0 Å². The number of nitrogens with zero attached hydrogens (tertiary/aromatic N) is 2. The fraction of sp³-hybridized carbons (Fsp3) is 0.121. The molecule has 7 nitrogen and oxygen atoms in total. The van der Waals surface area contributed by atoms with E-state index in [1.165, 1.54) is 7.11 Å². The summed E-state index contributed by atoms with van der Waals surface area (Å²) in [5.74, 6) is 2.33. The van der Waals surface area contributed by atoms with Gasteiger partial charge in [0.1, 0.15) is 29.1 Å². The Bertz CT molecular complexity index is 1700. The number of pyridine rings is 1. The summed E-state index contributed by atoms with van der Waals surface area (Å²) in [4.78, 5) is 19.1. The summed E-state index contributed by atoms with van der Waals surface area (Å²) in [7, 11) is 1.37. The van der Waals surface area contributed by atoms with Gasteiger partial charge in [0.2, 0.25) is 0 Å². The quantitative estimate of drug-likeness (QED) is 0.163. The Morgan fingerprint density at radius 3 is 2.44 bits per heavy atom. The molecule has 3 aromatic carbocycles. The molecule has 0 spiro atoms. The molecule has 0 aliphatic carbocycles. The van der Waals surface area contributed by atoms with Crippen LogP contribution in [0.25, 0.3) is 11.3 Å². The zero-order chi connectivity index (χ0) is 28.3. The molecule has 5 aromatic rings. The number of anilines is 1. The van der Waals surface area contributed by atoms with Gasteiger partial charge in [-0.2, -0.15) is 0 Å². The maximum absolute atomic E-state index is 12.4. The van der Waals surface area contributed by atoms with E-state index in [1.54, 1.807) is 18.3 Å². The Hall–Kier alpha value is -4.95. The minimum Gasteiger partial charge on any atom is -0.465 e. The average molecular weight is 562 g/mol. The van der Waals surface area contributed by atoms with Crippen LogP contribution in [0.4, 0.5) is 5.69 Å². The van der Waals surface area contributed by atoms with Gasteiger partial charge in [-0.3, -0.25) is 4.98 Å². The minimum atomic E-state index is -0.428. The van der Waals surface area contributed by atoms with Gasteiger partial charge >= 0.3 is 5.97 Å². The highest BCUT2D eigenvalue weighted by molar-refractivity contribution is 7.80. The van der Waals surface area contributed by atoms with Crippen molar-refractivity contribution in [3.63, 3.8) is 0 Å². The van der Waals surface area contributed by atoms with Gasteiger partial charge < -0.3 is 24.1 Å². The van der Waals surface area contributed by atoms with E-state index >= 15 is 0 Å². The third-order valence-corrected chi connectivity index (χ3v) is 7.37. The van der Waals surface area contributed by atoms with Gasteiger partial charge in [-0.15, -0.1) is 0 Å². The molecule has 3 heterocycles. The first-order valence-electron chi connectivity index (χ1n) is 13.1. The summed E-state index contributed by atoms with van der Waals surface area (Å²) in [6.07, 6.45) is 1.76. The summed E-state index contributed by atoms with van der Waals surface area (Å²) in [5, 5.41) is 3.99. The number of esters is 1. The van der Waals surface area contributed by atoms with Crippen molar-refractivity contribution in [3.8, 4) is 22.8 Å². The number of rotatable bonds is 7. The molecular weight excluding hydrogens is 534 g/mol. The van der Waals surface area contributed by atoms with E-state index in [0.29, 0.717) is 27.8 Å². The van der Waals surface area contributed by atoms with Gasteiger partial charge in [0, 0.05) is 17.4 Å². The van der Waals surface area contributed by atoms with Crippen LogP contribution in [0.2, 0.25) is 0 Å². The Morgan fingerprint density at radius 1 is 0.927 bits per heavy atom. The molecule has 0 bridgehead atoms. The van der Waals surface area contributed by atoms with Crippen molar-refractivity contribution in [2.24, 2.45) is 0 Å². The normalized spacial score (nSPS) is 16.3. The standard InChI is InChI=1S/C33H27N3O4S/c1-21-9-3-6-13-27(21)39-23-16-14-22(15-17-23)36-31(30(35-33(36)41)26-12-7-8-20-34-26)29-19-18-28(40-29)24-10-4-5-11-25(24)32(37)38-2/h3-20,30-31H,1-2H3,(H,35,41)/t30-,31-/m0/s1. The number of ether oxygens (including phenoxy) is 2. The third kappa shape index (κ3) is 5.17. The molecule has 1 aliphatic heterocycles. The Labute approximate surface area is 243 Å². The molecule has 0 amide bonds. The third-order valence-electron chi connectivity index (χ3n) is 7.05. The van der Waals surface area contributed by atoms with Gasteiger partial charge in [-0.05, 0) is 85.4 Å². The number of methoxy groups -OCH3 is 1. The second-order valence-electron chi connectivity index (χ2n) is 9.60. The van der Waals surface area contributed by atoms with Crippen LogP contribution in [0.3, 0.4) is 0 Å². The first-order valence-corrected chi connectivity index (χ1v) is 13.6. The summed E-state index contributed by atoms with van der Waals surface area (Å²) in [6, 6.07) is 31.9. The summed E-state index contributed by atoms with van der Waals surface area (Å²) in [5.41, 5.74) is 3.84. The predicted molar refractivity (Wildman–Crippen MR) is 161 cm³/mol. The van der Waals surface area contributed by atoms with E-state index in [4.69, 9.17) is 26.1 Å². The van der Waals surface area contributed by atoms with Gasteiger partial charge in [-0.25, -0.2) is 4.79 Å². The monoisotopic (exact) mass is 561 g/mol. The fourth-order valence-electron chi connectivity index (χ4n) is 5.04. The fourth-order valence-corrected chi connectivity index (χ4v) is 5.38. The average Bonchev–Trinajstić information content (AvgIpc) is 3.63. The van der Waals surface area contributed by atoms with Crippen LogP contribution in [0, 0.1) is 6.92 Å². The molecule has 2 aromatic heterocycles. The van der Waals surface area contributed by atoms with Crippen LogP contribution in [0.15, 0.2) is 114 Å². The lowest BCUT2D eigenvalue weighted by molar-refractivity contribution is 0.0601. The molecule has 2 atom stereocenters. The smallest absolute Gasteiger partial charge is 0.338 e. The zero-order valence-corrected chi connectivity index (χ0v) is 23.3. The lowest BCUT2D eigenvalue weighted by Crippen LogP contribution is -2.29. The second kappa shape index (κ2) is 11.3. The van der Waals surface area contributed by atoms with E-state index in [9.17, 15) is 4.79 Å². The number of thiocarbonyl (C=S) groups is 1. The van der Waals surface area contributed by atoms with E-state index < -0.39 is 5.97 Å². The Balaban J connectivity index is 1.37. The van der Waals surface area contributed by atoms with Crippen LogP contribution in [-0.4, -0.2) is 23.2 Å². The maximum atomic E-state index is 12.4. The van der Waals surface area contributed by atoms with Crippen molar-refractivity contribution in [2.75, 3.05) is 12.0 Å². The largest absolute Gasteiger partial charge is 0.465 e.